The lowest BCUT2D eigenvalue weighted by molar-refractivity contribution is -0.229. The number of ether oxygens (including phenoxy) is 2. The van der Waals surface area contributed by atoms with Crippen molar-refractivity contribution in [2.24, 2.45) is 11.8 Å². The Hall–Kier alpha value is -0.0800. The molecule has 0 unspecified atom stereocenters. The van der Waals surface area contributed by atoms with Gasteiger partial charge in [-0.15, -0.1) is 0 Å². The molecular formula is C10H18O2. The molecule has 0 amide bonds. The van der Waals surface area contributed by atoms with E-state index >= 15 is 0 Å². The summed E-state index contributed by atoms with van der Waals surface area (Å²) in [5.41, 5.74) is 0. The Morgan fingerprint density at radius 3 is 2.83 bits per heavy atom. The van der Waals surface area contributed by atoms with Crippen LogP contribution in [0.5, 0.6) is 0 Å². The average molecular weight is 170 g/mol. The van der Waals surface area contributed by atoms with Gasteiger partial charge in [0.15, 0.2) is 5.79 Å². The lowest BCUT2D eigenvalue weighted by Gasteiger charge is -2.39. The zero-order valence-corrected chi connectivity index (χ0v) is 8.17. The normalized spacial score (nSPS) is 52.8. The Morgan fingerprint density at radius 1 is 1.42 bits per heavy atom. The maximum Gasteiger partial charge on any atom is 0.171 e. The second-order valence-corrected chi connectivity index (χ2v) is 4.25. The van der Waals surface area contributed by atoms with Crippen LogP contribution in [0.1, 0.15) is 33.6 Å². The second-order valence-electron chi connectivity index (χ2n) is 4.25. The molecule has 0 aromatic heterocycles. The molecule has 2 saturated heterocycles. The fraction of sp³-hybridized carbons (Fsp3) is 1.00. The summed E-state index contributed by atoms with van der Waals surface area (Å²) < 4.78 is 11.7. The number of rotatable bonds is 1. The molecule has 2 rings (SSSR count). The molecule has 2 heteroatoms. The molecule has 2 heterocycles. The van der Waals surface area contributed by atoms with Gasteiger partial charge in [-0.3, -0.25) is 0 Å². The number of fused-ring (bicyclic) bond motifs is 2. The smallest absolute Gasteiger partial charge is 0.171 e. The van der Waals surface area contributed by atoms with Crippen molar-refractivity contribution < 1.29 is 9.47 Å². The largest absolute Gasteiger partial charge is 0.347 e. The summed E-state index contributed by atoms with van der Waals surface area (Å²) >= 11 is 0. The van der Waals surface area contributed by atoms with E-state index in [-0.39, 0.29) is 5.79 Å². The van der Waals surface area contributed by atoms with E-state index in [4.69, 9.17) is 9.47 Å². The molecule has 2 fully saturated rings. The monoisotopic (exact) mass is 170 g/mol. The maximum absolute atomic E-state index is 5.94. The highest BCUT2D eigenvalue weighted by Crippen LogP contribution is 2.44. The molecule has 0 saturated carbocycles. The van der Waals surface area contributed by atoms with Crippen molar-refractivity contribution in [1.82, 2.24) is 0 Å². The number of hydrogen-bond acceptors (Lipinski definition) is 2. The summed E-state index contributed by atoms with van der Waals surface area (Å²) in [4.78, 5) is 0. The average Bonchev–Trinajstić information content (AvgIpc) is 2.44. The van der Waals surface area contributed by atoms with Crippen LogP contribution >= 0.6 is 0 Å². The van der Waals surface area contributed by atoms with Crippen LogP contribution in [0.4, 0.5) is 0 Å². The van der Waals surface area contributed by atoms with Gasteiger partial charge < -0.3 is 9.47 Å². The van der Waals surface area contributed by atoms with E-state index in [2.05, 4.69) is 20.8 Å². The molecule has 2 aliphatic rings. The third kappa shape index (κ3) is 1.01. The van der Waals surface area contributed by atoms with Crippen LogP contribution in [0.25, 0.3) is 0 Å². The van der Waals surface area contributed by atoms with Crippen LogP contribution in [0, 0.1) is 11.8 Å². The third-order valence-electron chi connectivity index (χ3n) is 3.45. The Balaban J connectivity index is 2.18. The Labute approximate surface area is 74.2 Å². The summed E-state index contributed by atoms with van der Waals surface area (Å²) in [5.74, 6) is 0.996. The van der Waals surface area contributed by atoms with Gasteiger partial charge in [0, 0.05) is 5.92 Å². The summed E-state index contributed by atoms with van der Waals surface area (Å²) in [6, 6.07) is 0. The van der Waals surface area contributed by atoms with E-state index in [1.807, 2.05) is 0 Å². The van der Waals surface area contributed by atoms with Gasteiger partial charge in [-0.25, -0.2) is 0 Å². The molecule has 0 spiro atoms. The first kappa shape index (κ1) is 8.52. The minimum Gasteiger partial charge on any atom is -0.347 e. The first-order valence-corrected chi connectivity index (χ1v) is 4.99. The molecule has 4 atom stereocenters. The predicted molar refractivity (Wildman–Crippen MR) is 46.8 cm³/mol. The molecule has 70 valence electrons. The topological polar surface area (TPSA) is 18.5 Å². The highest BCUT2D eigenvalue weighted by molar-refractivity contribution is 4.91. The summed E-state index contributed by atoms with van der Waals surface area (Å²) in [6.45, 7) is 7.45. The Bertz CT molecular complexity index is 181. The minimum atomic E-state index is -0.225. The van der Waals surface area contributed by atoms with E-state index < -0.39 is 0 Å². The van der Waals surface area contributed by atoms with E-state index in [1.165, 1.54) is 6.42 Å². The van der Waals surface area contributed by atoms with Gasteiger partial charge in [-0.1, -0.05) is 20.8 Å². The molecule has 0 aliphatic carbocycles. The maximum atomic E-state index is 5.94. The summed E-state index contributed by atoms with van der Waals surface area (Å²) in [5, 5.41) is 0. The molecular weight excluding hydrogens is 152 g/mol. The summed E-state index contributed by atoms with van der Waals surface area (Å²) in [6.07, 6.45) is 2.59. The van der Waals surface area contributed by atoms with E-state index in [9.17, 15) is 0 Å². The highest BCUT2D eigenvalue weighted by atomic mass is 16.7. The molecule has 2 nitrogen and oxygen atoms in total. The number of hydrogen-bond donors (Lipinski definition) is 0. The van der Waals surface area contributed by atoms with Gasteiger partial charge in [0.2, 0.25) is 0 Å². The molecule has 0 N–H and O–H groups in total. The van der Waals surface area contributed by atoms with Crippen molar-refractivity contribution in [3.8, 4) is 0 Å². The Kier molecular flexibility index (Phi) is 1.92. The SMILES string of the molecule is CC[C@@]12OC[C@@H](O1)[C@H](C)C[C@@H]2C. The van der Waals surface area contributed by atoms with Crippen molar-refractivity contribution in [2.75, 3.05) is 6.61 Å². The van der Waals surface area contributed by atoms with Gasteiger partial charge >= 0.3 is 0 Å². The highest BCUT2D eigenvalue weighted by Gasteiger charge is 2.50. The molecule has 2 bridgehead atoms. The lowest BCUT2D eigenvalue weighted by atomic mass is 9.84. The van der Waals surface area contributed by atoms with Crippen molar-refractivity contribution in [2.45, 2.75) is 45.5 Å². The zero-order chi connectivity index (χ0) is 8.77. The van der Waals surface area contributed by atoms with Crippen LogP contribution < -0.4 is 0 Å². The van der Waals surface area contributed by atoms with Crippen molar-refractivity contribution in [1.29, 1.82) is 0 Å². The first-order chi connectivity index (χ1) is 5.68. The third-order valence-corrected chi connectivity index (χ3v) is 3.45. The first-order valence-electron chi connectivity index (χ1n) is 4.99. The second kappa shape index (κ2) is 2.71. The van der Waals surface area contributed by atoms with Gasteiger partial charge in [0.05, 0.1) is 12.7 Å². The van der Waals surface area contributed by atoms with Crippen LogP contribution in [-0.4, -0.2) is 18.5 Å². The van der Waals surface area contributed by atoms with Gasteiger partial charge in [0.1, 0.15) is 0 Å². The van der Waals surface area contributed by atoms with Crippen LogP contribution in [0.15, 0.2) is 0 Å². The van der Waals surface area contributed by atoms with E-state index in [0.717, 1.165) is 13.0 Å². The standard InChI is InChI=1S/C10H18O2/c1-4-10-8(3)5-7(2)9(12-10)6-11-10/h7-9H,4-6H2,1-3H3/t7-,8+,9-,10-/m1/s1. The molecule has 0 aromatic rings. The zero-order valence-electron chi connectivity index (χ0n) is 8.17. The van der Waals surface area contributed by atoms with Crippen molar-refractivity contribution >= 4 is 0 Å². The summed E-state index contributed by atoms with van der Waals surface area (Å²) in [7, 11) is 0. The molecule has 12 heavy (non-hydrogen) atoms. The fourth-order valence-corrected chi connectivity index (χ4v) is 2.51. The van der Waals surface area contributed by atoms with Crippen molar-refractivity contribution in [3.05, 3.63) is 0 Å². The van der Waals surface area contributed by atoms with Gasteiger partial charge in [0.25, 0.3) is 0 Å². The fourth-order valence-electron chi connectivity index (χ4n) is 2.51. The lowest BCUT2D eigenvalue weighted by Crippen LogP contribution is -2.43. The molecule has 0 aromatic carbocycles. The molecule has 2 aliphatic heterocycles. The van der Waals surface area contributed by atoms with Crippen LogP contribution in [-0.2, 0) is 9.47 Å². The van der Waals surface area contributed by atoms with E-state index in [1.54, 1.807) is 0 Å². The quantitative estimate of drug-likeness (QED) is 0.600. The minimum absolute atomic E-state index is 0.225. The van der Waals surface area contributed by atoms with Crippen LogP contribution in [0.2, 0.25) is 0 Å². The van der Waals surface area contributed by atoms with Gasteiger partial charge in [-0.05, 0) is 18.8 Å². The molecule has 0 radical (unpaired) electrons. The Morgan fingerprint density at radius 2 is 2.17 bits per heavy atom. The van der Waals surface area contributed by atoms with Crippen molar-refractivity contribution in [3.63, 3.8) is 0 Å². The van der Waals surface area contributed by atoms with E-state index in [0.29, 0.717) is 17.9 Å². The predicted octanol–water partition coefficient (Wildman–Crippen LogP) is 2.18. The van der Waals surface area contributed by atoms with Gasteiger partial charge in [-0.2, -0.15) is 0 Å². The van der Waals surface area contributed by atoms with Crippen LogP contribution in [0.3, 0.4) is 0 Å².